The SMILES string of the molecule is O=C(Nc1cccc(OCc2ccc(F)cc2)c1)c1cc(F)cc2nccnc12. The van der Waals surface area contributed by atoms with Crippen LogP contribution in [0.25, 0.3) is 11.0 Å². The molecule has 0 radical (unpaired) electrons. The number of benzene rings is 3. The molecule has 1 amide bonds. The van der Waals surface area contributed by atoms with Gasteiger partial charge in [0.15, 0.2) is 0 Å². The van der Waals surface area contributed by atoms with E-state index in [0.717, 1.165) is 11.6 Å². The van der Waals surface area contributed by atoms with Crippen LogP contribution in [-0.2, 0) is 6.61 Å². The molecular formula is C22H15F2N3O2. The van der Waals surface area contributed by atoms with Crippen molar-refractivity contribution in [3.63, 3.8) is 0 Å². The first-order chi connectivity index (χ1) is 14.1. The zero-order valence-electron chi connectivity index (χ0n) is 15.1. The van der Waals surface area contributed by atoms with Crippen molar-refractivity contribution in [2.45, 2.75) is 6.61 Å². The summed E-state index contributed by atoms with van der Waals surface area (Å²) in [7, 11) is 0. The van der Waals surface area contributed by atoms with E-state index in [1.165, 1.54) is 30.6 Å². The minimum atomic E-state index is -0.570. The lowest BCUT2D eigenvalue weighted by molar-refractivity contribution is 0.102. The molecule has 0 bridgehead atoms. The minimum Gasteiger partial charge on any atom is -0.489 e. The molecule has 0 aliphatic heterocycles. The van der Waals surface area contributed by atoms with Crippen molar-refractivity contribution in [3.8, 4) is 5.75 Å². The molecule has 4 aromatic rings. The number of amides is 1. The van der Waals surface area contributed by atoms with Gasteiger partial charge in [-0.25, -0.2) is 8.78 Å². The number of rotatable bonds is 5. The molecule has 1 aromatic heterocycles. The van der Waals surface area contributed by atoms with Gasteiger partial charge in [-0.15, -0.1) is 0 Å². The van der Waals surface area contributed by atoms with E-state index in [0.29, 0.717) is 22.5 Å². The molecule has 5 nitrogen and oxygen atoms in total. The maximum absolute atomic E-state index is 13.9. The Morgan fingerprint density at radius 2 is 1.72 bits per heavy atom. The second kappa shape index (κ2) is 8.02. The monoisotopic (exact) mass is 391 g/mol. The lowest BCUT2D eigenvalue weighted by atomic mass is 10.1. The molecule has 0 spiro atoms. The Kier molecular flexibility index (Phi) is 5.11. The Morgan fingerprint density at radius 1 is 0.931 bits per heavy atom. The number of nitrogens with one attached hydrogen (secondary N) is 1. The number of ether oxygens (including phenoxy) is 1. The van der Waals surface area contributed by atoms with Gasteiger partial charge in [-0.3, -0.25) is 14.8 Å². The van der Waals surface area contributed by atoms with Crippen LogP contribution >= 0.6 is 0 Å². The van der Waals surface area contributed by atoms with Gasteiger partial charge in [0, 0.05) is 30.2 Å². The number of hydrogen-bond donors (Lipinski definition) is 1. The van der Waals surface area contributed by atoms with E-state index in [-0.39, 0.29) is 18.0 Å². The van der Waals surface area contributed by atoms with Gasteiger partial charge in [0.1, 0.15) is 29.5 Å². The van der Waals surface area contributed by atoms with Crippen molar-refractivity contribution in [2.24, 2.45) is 0 Å². The first-order valence-electron chi connectivity index (χ1n) is 8.77. The van der Waals surface area contributed by atoms with Crippen LogP contribution in [-0.4, -0.2) is 15.9 Å². The smallest absolute Gasteiger partial charge is 0.258 e. The highest BCUT2D eigenvalue weighted by Crippen LogP contribution is 2.22. The van der Waals surface area contributed by atoms with Gasteiger partial charge < -0.3 is 10.1 Å². The van der Waals surface area contributed by atoms with Gasteiger partial charge in [0.2, 0.25) is 0 Å². The maximum Gasteiger partial charge on any atom is 0.258 e. The summed E-state index contributed by atoms with van der Waals surface area (Å²) in [4.78, 5) is 20.9. The molecule has 0 aliphatic rings. The number of fused-ring (bicyclic) bond motifs is 1. The van der Waals surface area contributed by atoms with E-state index >= 15 is 0 Å². The minimum absolute atomic E-state index is 0.0886. The molecule has 0 saturated carbocycles. The third kappa shape index (κ3) is 4.35. The average molecular weight is 391 g/mol. The number of anilines is 1. The first kappa shape index (κ1) is 18.5. The summed E-state index contributed by atoms with van der Waals surface area (Å²) >= 11 is 0. The van der Waals surface area contributed by atoms with Crippen molar-refractivity contribution < 1.29 is 18.3 Å². The Hall–Kier alpha value is -3.87. The Morgan fingerprint density at radius 3 is 2.55 bits per heavy atom. The Labute approximate surface area is 165 Å². The molecular weight excluding hydrogens is 376 g/mol. The van der Waals surface area contributed by atoms with Crippen LogP contribution in [0.4, 0.5) is 14.5 Å². The van der Waals surface area contributed by atoms with Gasteiger partial charge in [0.25, 0.3) is 5.91 Å². The number of hydrogen-bond acceptors (Lipinski definition) is 4. The summed E-state index contributed by atoms with van der Waals surface area (Å²) in [6, 6.07) is 15.1. The maximum atomic E-state index is 13.9. The molecule has 7 heteroatoms. The normalized spacial score (nSPS) is 10.7. The third-order valence-corrected chi connectivity index (χ3v) is 4.19. The third-order valence-electron chi connectivity index (χ3n) is 4.19. The fourth-order valence-corrected chi connectivity index (χ4v) is 2.82. The molecule has 0 unspecified atom stereocenters. The summed E-state index contributed by atoms with van der Waals surface area (Å²) in [5.41, 5.74) is 1.99. The fraction of sp³-hybridized carbons (Fsp3) is 0.0455. The second-order valence-electron chi connectivity index (χ2n) is 6.27. The zero-order chi connectivity index (χ0) is 20.2. The quantitative estimate of drug-likeness (QED) is 0.534. The van der Waals surface area contributed by atoms with E-state index in [1.54, 1.807) is 36.4 Å². The molecule has 0 atom stereocenters. The van der Waals surface area contributed by atoms with Crippen molar-refractivity contribution in [1.29, 1.82) is 0 Å². The number of aromatic nitrogens is 2. The van der Waals surface area contributed by atoms with Crippen LogP contribution in [0.2, 0.25) is 0 Å². The van der Waals surface area contributed by atoms with Gasteiger partial charge in [-0.2, -0.15) is 0 Å². The van der Waals surface area contributed by atoms with E-state index in [9.17, 15) is 13.6 Å². The van der Waals surface area contributed by atoms with Gasteiger partial charge in [0.05, 0.1) is 11.1 Å². The van der Waals surface area contributed by atoms with E-state index in [1.807, 2.05) is 0 Å². The standard InChI is InChI=1S/C22H15F2N3O2/c23-15-6-4-14(5-7-15)13-29-18-3-1-2-17(12-18)27-22(28)19-10-16(24)11-20-21(19)26-9-8-25-20/h1-12H,13H2,(H,27,28). The number of halogens is 2. The van der Waals surface area contributed by atoms with E-state index in [2.05, 4.69) is 15.3 Å². The molecule has 4 rings (SSSR count). The zero-order valence-corrected chi connectivity index (χ0v) is 15.1. The fourth-order valence-electron chi connectivity index (χ4n) is 2.82. The van der Waals surface area contributed by atoms with E-state index in [4.69, 9.17) is 4.74 Å². The van der Waals surface area contributed by atoms with Crippen LogP contribution in [0.3, 0.4) is 0 Å². The molecule has 29 heavy (non-hydrogen) atoms. The highest BCUT2D eigenvalue weighted by Gasteiger charge is 2.14. The van der Waals surface area contributed by atoms with Gasteiger partial charge >= 0.3 is 0 Å². The molecule has 144 valence electrons. The number of nitrogens with zero attached hydrogens (tertiary/aromatic N) is 2. The predicted molar refractivity (Wildman–Crippen MR) is 105 cm³/mol. The molecule has 3 aromatic carbocycles. The summed E-state index contributed by atoms with van der Waals surface area (Å²) in [6.07, 6.45) is 2.88. The van der Waals surface area contributed by atoms with Crippen LogP contribution in [0, 0.1) is 11.6 Å². The highest BCUT2D eigenvalue weighted by molar-refractivity contribution is 6.11. The molecule has 1 N–H and O–H groups in total. The summed E-state index contributed by atoms with van der Waals surface area (Å²) < 4.78 is 32.5. The van der Waals surface area contributed by atoms with E-state index < -0.39 is 11.7 Å². The lowest BCUT2D eigenvalue weighted by Gasteiger charge is -2.10. The first-order valence-corrected chi connectivity index (χ1v) is 8.77. The van der Waals surface area contributed by atoms with Crippen LogP contribution in [0.1, 0.15) is 15.9 Å². The van der Waals surface area contributed by atoms with Crippen molar-refractivity contribution in [2.75, 3.05) is 5.32 Å². The highest BCUT2D eigenvalue weighted by atomic mass is 19.1. The summed E-state index contributed by atoms with van der Waals surface area (Å²) in [5, 5.41) is 2.72. The summed E-state index contributed by atoms with van der Waals surface area (Å²) in [5.74, 6) is -0.866. The molecule has 0 aliphatic carbocycles. The van der Waals surface area contributed by atoms with Crippen LogP contribution in [0.15, 0.2) is 73.1 Å². The largest absolute Gasteiger partial charge is 0.489 e. The van der Waals surface area contributed by atoms with Gasteiger partial charge in [-0.05, 0) is 35.9 Å². The average Bonchev–Trinajstić information content (AvgIpc) is 2.73. The van der Waals surface area contributed by atoms with Crippen LogP contribution in [0.5, 0.6) is 5.75 Å². The Bertz CT molecular complexity index is 1180. The Balaban J connectivity index is 1.51. The van der Waals surface area contributed by atoms with Crippen molar-refractivity contribution in [1.82, 2.24) is 9.97 Å². The summed E-state index contributed by atoms with van der Waals surface area (Å²) in [6.45, 7) is 0.252. The topological polar surface area (TPSA) is 64.1 Å². The lowest BCUT2D eigenvalue weighted by Crippen LogP contribution is -2.13. The molecule has 0 fully saturated rings. The van der Waals surface area contributed by atoms with Crippen LogP contribution < -0.4 is 10.1 Å². The van der Waals surface area contributed by atoms with Crippen molar-refractivity contribution in [3.05, 3.63) is 95.8 Å². The predicted octanol–water partition coefficient (Wildman–Crippen LogP) is 4.74. The van der Waals surface area contributed by atoms with Crippen molar-refractivity contribution >= 4 is 22.6 Å². The second-order valence-corrected chi connectivity index (χ2v) is 6.27. The molecule has 0 saturated heterocycles. The molecule has 1 heterocycles. The number of carbonyl (C=O) groups is 1. The number of carbonyl (C=O) groups excluding carboxylic acids is 1. The van der Waals surface area contributed by atoms with Gasteiger partial charge in [-0.1, -0.05) is 18.2 Å².